The molecule has 4 aromatic rings. The number of unbranched alkanes of at least 4 members (excludes halogenated alkanes) is 1. The number of anilines is 1. The Morgan fingerprint density at radius 3 is 2.10 bits per heavy atom. The van der Waals surface area contributed by atoms with Crippen LogP contribution in [0.4, 0.5) is 10.6 Å². The number of likely N-dealkylation sites (tertiary alicyclic amines) is 1. The lowest BCUT2D eigenvalue weighted by molar-refractivity contribution is 0.209. The number of ether oxygens (including phenoxy) is 4. The summed E-state index contributed by atoms with van der Waals surface area (Å²) in [6, 6.07) is 20.2. The van der Waals surface area contributed by atoms with Crippen molar-refractivity contribution in [2.45, 2.75) is 65.3 Å². The molecule has 48 heavy (non-hydrogen) atoms. The lowest BCUT2D eigenvalue weighted by atomic mass is 10.1. The van der Waals surface area contributed by atoms with Crippen LogP contribution in [0.15, 0.2) is 60.7 Å². The summed E-state index contributed by atoms with van der Waals surface area (Å²) in [7, 11) is 3.28. The quantitative estimate of drug-likeness (QED) is 0.117. The second-order valence-corrected chi connectivity index (χ2v) is 13.0. The van der Waals surface area contributed by atoms with E-state index in [4.69, 9.17) is 34.6 Å². The van der Waals surface area contributed by atoms with Crippen molar-refractivity contribution in [3.8, 4) is 23.3 Å². The van der Waals surface area contributed by atoms with Crippen LogP contribution in [0.5, 0.6) is 23.3 Å². The molecule has 0 atom stereocenters. The molecule has 256 valence electrons. The summed E-state index contributed by atoms with van der Waals surface area (Å²) >= 11 is 1.81. The van der Waals surface area contributed by atoms with Gasteiger partial charge in [-0.15, -0.1) is 11.3 Å². The fourth-order valence-electron chi connectivity index (χ4n) is 5.55. The number of primary amides is 1. The Kier molecular flexibility index (Phi) is 12.9. The van der Waals surface area contributed by atoms with Crippen LogP contribution in [0.25, 0.3) is 0 Å². The van der Waals surface area contributed by atoms with Crippen LogP contribution in [-0.2, 0) is 32.7 Å². The number of rotatable bonds is 18. The maximum atomic E-state index is 12.3. The summed E-state index contributed by atoms with van der Waals surface area (Å²) in [5, 5.41) is 3.50. The first-order valence-corrected chi connectivity index (χ1v) is 17.3. The molecule has 0 bridgehead atoms. The average molecular weight is 675 g/mol. The molecule has 2 aromatic carbocycles. The van der Waals surface area contributed by atoms with E-state index in [1.807, 2.05) is 64.8 Å². The van der Waals surface area contributed by atoms with Crippen LogP contribution >= 0.6 is 11.3 Å². The Bertz CT molecular complexity index is 1540. The topological polar surface area (TPSA) is 124 Å². The van der Waals surface area contributed by atoms with E-state index in [0.717, 1.165) is 42.0 Å². The van der Waals surface area contributed by atoms with Gasteiger partial charge in [0.2, 0.25) is 0 Å². The number of amides is 1. The third-order valence-corrected chi connectivity index (χ3v) is 9.15. The van der Waals surface area contributed by atoms with Gasteiger partial charge in [0.25, 0.3) is 0 Å². The van der Waals surface area contributed by atoms with Gasteiger partial charge in [-0.1, -0.05) is 37.6 Å². The van der Waals surface area contributed by atoms with Gasteiger partial charge in [-0.25, -0.2) is 4.79 Å². The highest BCUT2D eigenvalue weighted by Crippen LogP contribution is 2.34. The molecule has 0 aliphatic carbocycles. The molecule has 0 saturated carbocycles. The minimum atomic E-state index is -0.945. The maximum Gasteiger partial charge on any atom is 0.410 e. The number of nitrogens with one attached hydrogen (secondary N) is 1. The number of benzene rings is 2. The molecule has 0 radical (unpaired) electrons. The van der Waals surface area contributed by atoms with Crippen molar-refractivity contribution in [1.29, 1.82) is 0 Å². The van der Waals surface area contributed by atoms with E-state index in [2.05, 4.69) is 29.3 Å². The molecule has 3 heterocycles. The predicted molar refractivity (Wildman–Crippen MR) is 188 cm³/mol. The lowest BCUT2D eigenvalue weighted by Crippen LogP contribution is -2.28. The zero-order valence-electron chi connectivity index (χ0n) is 28.1. The van der Waals surface area contributed by atoms with Crippen LogP contribution < -0.4 is 34.9 Å². The molecule has 2 aromatic heterocycles. The second-order valence-electron chi connectivity index (χ2n) is 11.7. The van der Waals surface area contributed by atoms with Gasteiger partial charge in [-0.05, 0) is 79.9 Å². The van der Waals surface area contributed by atoms with Crippen molar-refractivity contribution in [2.75, 3.05) is 38.8 Å². The highest BCUT2D eigenvalue weighted by Gasteiger charge is 2.24. The van der Waals surface area contributed by atoms with Gasteiger partial charge in [0, 0.05) is 42.5 Å². The van der Waals surface area contributed by atoms with Gasteiger partial charge in [-0.2, -0.15) is 9.97 Å². The fourth-order valence-corrected chi connectivity index (χ4v) is 6.58. The maximum absolute atomic E-state index is 12.3. The summed E-state index contributed by atoms with van der Waals surface area (Å²) in [6.45, 7) is 7.71. The summed E-state index contributed by atoms with van der Waals surface area (Å²) in [5.41, 5.74) is 8.13. The fraction of sp³-hybridized carbons (Fsp3) is 0.417. The highest BCUT2D eigenvalue weighted by atomic mass is 32.1. The number of hydrogen-bond acceptors (Lipinski definition) is 11. The molecule has 0 unspecified atom stereocenters. The van der Waals surface area contributed by atoms with E-state index in [0.29, 0.717) is 44.3 Å². The number of methoxy groups -OCH3 is 2. The summed E-state index contributed by atoms with van der Waals surface area (Å²) in [4.78, 5) is 29.0. The second kappa shape index (κ2) is 17.7. The number of carbonyl (C=O) groups excluding carboxylic acids is 1. The third kappa shape index (κ3) is 10.1. The normalized spacial score (nSPS) is 13.0. The van der Waals surface area contributed by atoms with Gasteiger partial charge in [0.05, 0.1) is 20.8 Å². The van der Waals surface area contributed by atoms with Crippen LogP contribution in [0, 0.1) is 0 Å². The molecule has 12 heteroatoms. The molecule has 1 fully saturated rings. The average Bonchev–Trinajstić information content (AvgIpc) is 3.78. The van der Waals surface area contributed by atoms with Crippen molar-refractivity contribution < 1.29 is 23.7 Å². The Morgan fingerprint density at radius 2 is 1.52 bits per heavy atom. The standard InChI is InChI=1S/C36H46N6O5S/c1-4-5-20-46-36-39-32(22-38-21-30-16-17-31(48-30)25-41-18-6-7-19-41)33(47-35(37)43)34(40-36)42(23-26-8-12-28(44-2)13-9-26)24-27-10-14-29(45-3)15-11-27/h8-17,38H,4-7,18-25H2,1-3H3,(H2,37,43). The first-order chi connectivity index (χ1) is 23.4. The zero-order valence-corrected chi connectivity index (χ0v) is 28.9. The van der Waals surface area contributed by atoms with Gasteiger partial charge in [0.1, 0.15) is 17.2 Å². The van der Waals surface area contributed by atoms with Gasteiger partial charge in [-0.3, -0.25) is 4.90 Å². The van der Waals surface area contributed by atoms with Crippen LogP contribution in [0.3, 0.4) is 0 Å². The molecule has 11 nitrogen and oxygen atoms in total. The minimum Gasteiger partial charge on any atom is -0.497 e. The van der Waals surface area contributed by atoms with E-state index < -0.39 is 6.09 Å². The molecule has 1 aliphatic rings. The minimum absolute atomic E-state index is 0.195. The number of nitrogens with zero attached hydrogens (tertiary/aromatic N) is 4. The Labute approximate surface area is 287 Å². The molecular weight excluding hydrogens is 628 g/mol. The summed E-state index contributed by atoms with van der Waals surface area (Å²) < 4.78 is 22.5. The third-order valence-electron chi connectivity index (χ3n) is 8.08. The first-order valence-electron chi connectivity index (χ1n) is 16.5. The Hall–Kier alpha value is -4.39. The number of nitrogens with two attached hydrogens (primary N) is 1. The molecule has 5 rings (SSSR count). The van der Waals surface area contributed by atoms with Crippen LogP contribution in [-0.4, -0.2) is 54.9 Å². The van der Waals surface area contributed by atoms with Crippen molar-refractivity contribution in [1.82, 2.24) is 20.2 Å². The van der Waals surface area contributed by atoms with E-state index in [-0.39, 0.29) is 11.8 Å². The van der Waals surface area contributed by atoms with E-state index in [1.165, 1.54) is 35.7 Å². The highest BCUT2D eigenvalue weighted by molar-refractivity contribution is 7.11. The van der Waals surface area contributed by atoms with Crippen molar-refractivity contribution in [2.24, 2.45) is 5.73 Å². The lowest BCUT2D eigenvalue weighted by Gasteiger charge is -2.27. The molecular formula is C36H46N6O5S. The molecule has 1 saturated heterocycles. The zero-order chi connectivity index (χ0) is 33.7. The Morgan fingerprint density at radius 1 is 0.896 bits per heavy atom. The monoisotopic (exact) mass is 674 g/mol. The number of carbonyl (C=O) groups is 1. The van der Waals surface area contributed by atoms with E-state index in [9.17, 15) is 4.79 Å². The molecule has 0 spiro atoms. The first kappa shape index (κ1) is 34.9. The predicted octanol–water partition coefficient (Wildman–Crippen LogP) is 6.28. The van der Waals surface area contributed by atoms with Gasteiger partial charge >= 0.3 is 12.1 Å². The Balaban J connectivity index is 1.46. The smallest absolute Gasteiger partial charge is 0.410 e. The van der Waals surface area contributed by atoms with Crippen molar-refractivity contribution >= 4 is 23.2 Å². The number of aromatic nitrogens is 2. The summed E-state index contributed by atoms with van der Waals surface area (Å²) in [6.07, 6.45) is 3.42. The molecule has 1 aliphatic heterocycles. The van der Waals surface area contributed by atoms with E-state index in [1.54, 1.807) is 14.2 Å². The SMILES string of the molecule is CCCCOc1nc(CNCc2ccc(CN3CCCC3)s2)c(OC(N)=O)c(N(Cc2ccc(OC)cc2)Cc2ccc(OC)cc2)n1. The van der Waals surface area contributed by atoms with Crippen LogP contribution in [0.1, 0.15) is 59.2 Å². The summed E-state index contributed by atoms with van der Waals surface area (Å²) in [5.74, 6) is 2.12. The number of hydrogen-bond donors (Lipinski definition) is 2. The largest absolute Gasteiger partial charge is 0.497 e. The van der Waals surface area contributed by atoms with Gasteiger partial charge in [0.15, 0.2) is 11.6 Å². The van der Waals surface area contributed by atoms with Crippen LogP contribution in [0.2, 0.25) is 0 Å². The number of thiophene rings is 1. The molecule has 3 N–H and O–H groups in total. The van der Waals surface area contributed by atoms with E-state index >= 15 is 0 Å². The molecule has 1 amide bonds. The van der Waals surface area contributed by atoms with Crippen molar-refractivity contribution in [3.63, 3.8) is 0 Å². The van der Waals surface area contributed by atoms with Crippen molar-refractivity contribution in [3.05, 3.63) is 87.2 Å². The van der Waals surface area contributed by atoms with Gasteiger partial charge < -0.3 is 34.9 Å².